The topological polar surface area (TPSA) is 44.8 Å². The van der Waals surface area contributed by atoms with Crippen LogP contribution in [0.15, 0.2) is 0 Å². The Morgan fingerprint density at radius 3 is 2.58 bits per heavy atom. The quantitative estimate of drug-likeness (QED) is 0.498. The second-order valence-corrected chi connectivity index (χ2v) is 3.66. The van der Waals surface area contributed by atoms with Gasteiger partial charge < -0.3 is 14.2 Å². The number of hydrogen-bond acceptors (Lipinski definition) is 4. The number of carbonyl (C=O) groups is 1. The fraction of sp³-hybridized carbons (Fsp3) is 0.875. The van der Waals surface area contributed by atoms with Crippen LogP contribution in [0.4, 0.5) is 0 Å². The standard InChI is InChI=1S/C8H12O4/c1-4-5-6(7(9)10-4)12-8(2,3)11-5/h4-6H,1-3H3/t4-,5-,6-/m1/s1. The van der Waals surface area contributed by atoms with Crippen LogP contribution in [0.25, 0.3) is 0 Å². The van der Waals surface area contributed by atoms with Crippen LogP contribution in [0.2, 0.25) is 0 Å². The van der Waals surface area contributed by atoms with Crippen molar-refractivity contribution in [3.05, 3.63) is 0 Å². The van der Waals surface area contributed by atoms with Crippen molar-refractivity contribution in [1.29, 1.82) is 0 Å². The molecule has 0 saturated carbocycles. The molecule has 12 heavy (non-hydrogen) atoms. The van der Waals surface area contributed by atoms with Gasteiger partial charge in [-0.2, -0.15) is 0 Å². The summed E-state index contributed by atoms with van der Waals surface area (Å²) in [6.45, 7) is 5.41. The second kappa shape index (κ2) is 2.20. The summed E-state index contributed by atoms with van der Waals surface area (Å²) in [5.41, 5.74) is 0. The lowest BCUT2D eigenvalue weighted by atomic mass is 10.2. The molecule has 2 heterocycles. The summed E-state index contributed by atoms with van der Waals surface area (Å²) in [5.74, 6) is -0.957. The maximum Gasteiger partial charge on any atom is 0.338 e. The molecule has 0 aromatic carbocycles. The Morgan fingerprint density at radius 2 is 2.00 bits per heavy atom. The average molecular weight is 172 g/mol. The third kappa shape index (κ3) is 1.03. The number of rotatable bonds is 0. The summed E-state index contributed by atoms with van der Waals surface area (Å²) in [6, 6.07) is 0. The van der Waals surface area contributed by atoms with Crippen LogP contribution >= 0.6 is 0 Å². The molecule has 0 spiro atoms. The highest BCUT2D eigenvalue weighted by molar-refractivity contribution is 5.78. The van der Waals surface area contributed by atoms with Crippen LogP contribution in [0.1, 0.15) is 20.8 Å². The van der Waals surface area contributed by atoms with E-state index in [9.17, 15) is 4.79 Å². The van der Waals surface area contributed by atoms with Crippen LogP contribution in [-0.2, 0) is 19.0 Å². The van der Waals surface area contributed by atoms with E-state index < -0.39 is 11.9 Å². The number of esters is 1. The third-order valence-corrected chi connectivity index (χ3v) is 2.13. The van der Waals surface area contributed by atoms with Gasteiger partial charge in [-0.05, 0) is 20.8 Å². The summed E-state index contributed by atoms with van der Waals surface area (Å²) >= 11 is 0. The molecule has 2 saturated heterocycles. The van der Waals surface area contributed by atoms with Gasteiger partial charge in [0.15, 0.2) is 11.9 Å². The lowest BCUT2D eigenvalue weighted by Crippen LogP contribution is -2.27. The maximum atomic E-state index is 11.1. The molecule has 2 aliphatic heterocycles. The predicted octanol–water partition coefficient (Wildman–Crippen LogP) is 0.452. The monoisotopic (exact) mass is 172 g/mol. The fourth-order valence-corrected chi connectivity index (χ4v) is 1.63. The summed E-state index contributed by atoms with van der Waals surface area (Å²) in [4.78, 5) is 11.1. The molecule has 0 aliphatic carbocycles. The van der Waals surface area contributed by atoms with E-state index in [1.54, 1.807) is 13.8 Å². The summed E-state index contributed by atoms with van der Waals surface area (Å²) in [6.07, 6.45) is -0.938. The van der Waals surface area contributed by atoms with Gasteiger partial charge in [0.05, 0.1) is 0 Å². The molecule has 0 bridgehead atoms. The Kier molecular flexibility index (Phi) is 1.47. The molecular formula is C8H12O4. The minimum atomic E-state index is -0.650. The third-order valence-electron chi connectivity index (χ3n) is 2.13. The van der Waals surface area contributed by atoms with E-state index >= 15 is 0 Å². The van der Waals surface area contributed by atoms with Crippen LogP contribution in [0.5, 0.6) is 0 Å². The largest absolute Gasteiger partial charge is 0.458 e. The van der Waals surface area contributed by atoms with Crippen molar-refractivity contribution in [3.63, 3.8) is 0 Å². The van der Waals surface area contributed by atoms with Crippen LogP contribution < -0.4 is 0 Å². The first-order chi connectivity index (χ1) is 5.49. The van der Waals surface area contributed by atoms with Gasteiger partial charge in [-0.1, -0.05) is 0 Å². The first kappa shape index (κ1) is 8.01. The molecule has 0 aromatic rings. The van der Waals surface area contributed by atoms with E-state index in [0.29, 0.717) is 0 Å². The van der Waals surface area contributed by atoms with Gasteiger partial charge in [0.25, 0.3) is 0 Å². The number of cyclic esters (lactones) is 1. The van der Waals surface area contributed by atoms with Crippen molar-refractivity contribution < 1.29 is 19.0 Å². The highest BCUT2D eigenvalue weighted by Gasteiger charge is 2.54. The molecule has 0 unspecified atom stereocenters. The minimum absolute atomic E-state index is 0.190. The molecule has 0 N–H and O–H groups in total. The van der Waals surface area contributed by atoms with Crippen LogP contribution in [0, 0.1) is 0 Å². The van der Waals surface area contributed by atoms with Crippen LogP contribution in [0.3, 0.4) is 0 Å². The van der Waals surface area contributed by atoms with Crippen molar-refractivity contribution in [1.82, 2.24) is 0 Å². The van der Waals surface area contributed by atoms with Crippen molar-refractivity contribution in [2.45, 2.75) is 44.9 Å². The first-order valence-corrected chi connectivity index (χ1v) is 4.06. The molecule has 0 radical (unpaired) electrons. The molecular weight excluding hydrogens is 160 g/mol. The van der Waals surface area contributed by atoms with Crippen molar-refractivity contribution >= 4 is 5.97 Å². The summed E-state index contributed by atoms with van der Waals surface area (Å²) in [7, 11) is 0. The maximum absolute atomic E-state index is 11.1. The molecule has 68 valence electrons. The van der Waals surface area contributed by atoms with E-state index in [1.807, 2.05) is 6.92 Å². The second-order valence-electron chi connectivity index (χ2n) is 3.66. The van der Waals surface area contributed by atoms with Gasteiger partial charge in [-0.3, -0.25) is 0 Å². The number of fused-ring (bicyclic) bond motifs is 1. The zero-order valence-electron chi connectivity index (χ0n) is 7.37. The van der Waals surface area contributed by atoms with E-state index in [2.05, 4.69) is 0 Å². The highest BCUT2D eigenvalue weighted by atomic mass is 16.8. The average Bonchev–Trinajstić information content (AvgIpc) is 2.34. The molecule has 2 aliphatic rings. The molecule has 2 fully saturated rings. The smallest absolute Gasteiger partial charge is 0.338 e. The van der Waals surface area contributed by atoms with Gasteiger partial charge in [0, 0.05) is 0 Å². The Labute approximate surface area is 70.8 Å². The summed E-state index contributed by atoms with van der Waals surface area (Å²) in [5, 5.41) is 0. The molecule has 4 nitrogen and oxygen atoms in total. The molecule has 0 amide bonds. The highest BCUT2D eigenvalue weighted by Crippen LogP contribution is 2.35. The zero-order chi connectivity index (χ0) is 8.93. The Balaban J connectivity index is 2.20. The van der Waals surface area contributed by atoms with Gasteiger partial charge in [-0.15, -0.1) is 0 Å². The normalized spacial score (nSPS) is 44.2. The summed E-state index contributed by atoms with van der Waals surface area (Å²) < 4.78 is 15.8. The number of ether oxygens (including phenoxy) is 3. The Hall–Kier alpha value is -0.610. The molecule has 0 aromatic heterocycles. The SMILES string of the molecule is C[C@H]1OC(=O)[C@@H]2OC(C)(C)O[C@H]12. The van der Waals surface area contributed by atoms with Crippen molar-refractivity contribution in [2.24, 2.45) is 0 Å². The van der Waals surface area contributed by atoms with Gasteiger partial charge >= 0.3 is 5.97 Å². The van der Waals surface area contributed by atoms with E-state index in [0.717, 1.165) is 0 Å². The lowest BCUT2D eigenvalue weighted by molar-refractivity contribution is -0.185. The number of hydrogen-bond donors (Lipinski definition) is 0. The van der Waals surface area contributed by atoms with Crippen LogP contribution in [-0.4, -0.2) is 30.1 Å². The van der Waals surface area contributed by atoms with E-state index in [1.165, 1.54) is 0 Å². The lowest BCUT2D eigenvalue weighted by Gasteiger charge is -2.19. The molecule has 4 heteroatoms. The van der Waals surface area contributed by atoms with E-state index in [4.69, 9.17) is 14.2 Å². The Morgan fingerprint density at radius 1 is 1.33 bits per heavy atom. The predicted molar refractivity (Wildman–Crippen MR) is 39.4 cm³/mol. The van der Waals surface area contributed by atoms with Crippen molar-refractivity contribution in [3.8, 4) is 0 Å². The van der Waals surface area contributed by atoms with Gasteiger partial charge in [-0.25, -0.2) is 4.79 Å². The van der Waals surface area contributed by atoms with E-state index in [-0.39, 0.29) is 18.2 Å². The zero-order valence-corrected chi connectivity index (χ0v) is 7.37. The minimum Gasteiger partial charge on any atom is -0.458 e. The molecule has 3 atom stereocenters. The van der Waals surface area contributed by atoms with Crippen molar-refractivity contribution in [2.75, 3.05) is 0 Å². The number of carbonyl (C=O) groups excluding carboxylic acids is 1. The molecule has 2 rings (SSSR count). The first-order valence-electron chi connectivity index (χ1n) is 4.06. The fourth-order valence-electron chi connectivity index (χ4n) is 1.63. The van der Waals surface area contributed by atoms with Gasteiger partial charge in [0.2, 0.25) is 0 Å². The Bertz CT molecular complexity index is 223. The van der Waals surface area contributed by atoms with Gasteiger partial charge in [0.1, 0.15) is 12.2 Å².